The molecular weight excluding hydrogens is 488 g/mol. The summed E-state index contributed by atoms with van der Waals surface area (Å²) in [4.78, 5) is 0. The molecule has 0 fully saturated rings. The molecule has 0 spiro atoms. The van der Waals surface area contributed by atoms with Crippen molar-refractivity contribution in [2.24, 2.45) is 0 Å². The predicted molar refractivity (Wildman–Crippen MR) is 169 cm³/mol. The fourth-order valence-corrected chi connectivity index (χ4v) is 4.42. The van der Waals surface area contributed by atoms with Crippen LogP contribution in [0, 0.1) is 48.4 Å². The van der Waals surface area contributed by atoms with Crippen LogP contribution in [0.25, 0.3) is 0 Å². The molecule has 40 heavy (non-hydrogen) atoms. The largest absolute Gasteiger partial charge is 0.377 e. The molecule has 0 radical (unpaired) electrons. The van der Waals surface area contributed by atoms with Crippen molar-refractivity contribution < 1.29 is 9.47 Å². The van der Waals surface area contributed by atoms with E-state index in [9.17, 15) is 0 Å². The Morgan fingerprint density at radius 2 is 0.875 bits per heavy atom. The Hall–Kier alpha value is -3.40. The first-order chi connectivity index (χ1) is 19.7. The van der Waals surface area contributed by atoms with Crippen molar-refractivity contribution in [2.45, 2.75) is 104 Å². The third-order valence-corrected chi connectivity index (χ3v) is 6.62. The molecule has 0 N–H and O–H groups in total. The highest BCUT2D eigenvalue weighted by Gasteiger charge is 2.01. The number of hydrogen-bond acceptors (Lipinski definition) is 2. The summed E-state index contributed by atoms with van der Waals surface area (Å²) >= 11 is 0. The van der Waals surface area contributed by atoms with Crippen molar-refractivity contribution in [2.75, 3.05) is 13.2 Å². The molecule has 0 atom stereocenters. The van der Waals surface area contributed by atoms with Crippen molar-refractivity contribution in [1.82, 2.24) is 0 Å². The minimum atomic E-state index is 0.535. The van der Waals surface area contributed by atoms with Gasteiger partial charge in [0.1, 0.15) is 0 Å². The Bertz CT molecular complexity index is 1120. The topological polar surface area (TPSA) is 18.5 Å². The maximum atomic E-state index is 5.89. The zero-order chi connectivity index (χ0) is 28.7. The molecule has 0 bridgehead atoms. The average Bonchev–Trinajstić information content (AvgIpc) is 2.97. The fraction of sp³-hybridized carbons (Fsp3) is 0.474. The zero-order valence-corrected chi connectivity index (χ0v) is 24.7. The molecule has 0 aromatic heterocycles. The lowest BCUT2D eigenvalue weighted by Gasteiger charge is -2.06. The van der Waals surface area contributed by atoms with Crippen LogP contribution in [0.1, 0.15) is 124 Å². The van der Waals surface area contributed by atoms with Gasteiger partial charge < -0.3 is 9.47 Å². The van der Waals surface area contributed by atoms with Crippen LogP contribution in [0.4, 0.5) is 0 Å². The van der Waals surface area contributed by atoms with Gasteiger partial charge in [0.25, 0.3) is 0 Å². The summed E-state index contributed by atoms with van der Waals surface area (Å²) < 4.78 is 11.8. The molecule has 210 valence electrons. The Morgan fingerprint density at radius 1 is 0.500 bits per heavy atom. The lowest BCUT2D eigenvalue weighted by molar-refractivity contribution is 0.116. The highest BCUT2D eigenvalue weighted by molar-refractivity contribution is 5.51. The van der Waals surface area contributed by atoms with E-state index in [4.69, 9.17) is 22.3 Å². The number of rotatable bonds is 18. The van der Waals surface area contributed by atoms with Crippen molar-refractivity contribution in [3.8, 4) is 48.4 Å². The summed E-state index contributed by atoms with van der Waals surface area (Å²) in [6, 6.07) is 11.8. The highest BCUT2D eigenvalue weighted by atomic mass is 16.5. The molecule has 2 rings (SSSR count). The molecule has 0 aliphatic heterocycles. The lowest BCUT2D eigenvalue weighted by Crippen LogP contribution is -1.97. The van der Waals surface area contributed by atoms with Crippen LogP contribution in [0.15, 0.2) is 36.4 Å². The van der Waals surface area contributed by atoms with Crippen molar-refractivity contribution in [3.63, 3.8) is 0 Å². The first-order valence-electron chi connectivity index (χ1n) is 15.1. The van der Waals surface area contributed by atoms with E-state index in [2.05, 4.69) is 49.4 Å². The monoisotopic (exact) mass is 534 g/mol. The van der Waals surface area contributed by atoms with E-state index in [0.717, 1.165) is 59.4 Å². The third kappa shape index (κ3) is 14.7. The van der Waals surface area contributed by atoms with Crippen LogP contribution in [-0.4, -0.2) is 13.2 Å². The van der Waals surface area contributed by atoms with Crippen molar-refractivity contribution in [1.29, 1.82) is 0 Å². The van der Waals surface area contributed by atoms with Gasteiger partial charge in [-0.25, -0.2) is 0 Å². The minimum Gasteiger partial charge on any atom is -0.377 e. The Kier molecular flexibility index (Phi) is 17.6. The molecule has 2 nitrogen and oxygen atoms in total. The van der Waals surface area contributed by atoms with Gasteiger partial charge in [0.15, 0.2) is 0 Å². The molecule has 0 aliphatic rings. The van der Waals surface area contributed by atoms with Crippen LogP contribution in [0.2, 0.25) is 0 Å². The number of unbranched alkanes of at least 4 members (excludes halogenated alkanes) is 10. The summed E-state index contributed by atoms with van der Waals surface area (Å²) in [5.74, 6) is 17.6. The van der Waals surface area contributed by atoms with Crippen molar-refractivity contribution in [3.05, 3.63) is 69.8 Å². The summed E-state index contributed by atoms with van der Waals surface area (Å²) in [7, 11) is 0. The van der Waals surface area contributed by atoms with E-state index >= 15 is 0 Å². The Labute approximate surface area is 244 Å². The molecule has 0 heterocycles. The first kappa shape index (κ1) is 32.8. The van der Waals surface area contributed by atoms with E-state index in [1.54, 1.807) is 0 Å². The van der Waals surface area contributed by atoms with Gasteiger partial charge >= 0.3 is 0 Å². The van der Waals surface area contributed by atoms with E-state index < -0.39 is 0 Å². The second-order valence-corrected chi connectivity index (χ2v) is 10.3. The quantitative estimate of drug-likeness (QED) is 0.141. The van der Waals surface area contributed by atoms with Crippen LogP contribution in [0.5, 0.6) is 0 Å². The first-order valence-corrected chi connectivity index (χ1v) is 15.1. The second-order valence-electron chi connectivity index (χ2n) is 10.3. The van der Waals surface area contributed by atoms with Crippen LogP contribution >= 0.6 is 0 Å². The zero-order valence-electron chi connectivity index (χ0n) is 24.7. The van der Waals surface area contributed by atoms with Gasteiger partial charge in [-0.2, -0.15) is 0 Å². The third-order valence-electron chi connectivity index (χ3n) is 6.62. The standard InChI is InChI=1S/C38H46O2/c1-5-9-11-13-15-19-23-39-31-37-27-33(7-3)25-35(29-37)21-17-18-22-36-26-34(8-4)28-38(30-36)32-40-24-20-16-14-12-10-6-2/h3-4,25-30H,5-6,9-16,19-20,23-24,31-32H2,1-2H3. The molecule has 0 aliphatic carbocycles. The predicted octanol–water partition coefficient (Wildman–Crippen LogP) is 8.81. The van der Waals surface area contributed by atoms with Crippen LogP contribution < -0.4 is 0 Å². The number of benzene rings is 2. The molecule has 0 saturated heterocycles. The number of hydrogen-bond donors (Lipinski definition) is 0. The molecule has 0 amide bonds. The van der Waals surface area contributed by atoms with Crippen LogP contribution in [-0.2, 0) is 22.7 Å². The normalized spacial score (nSPS) is 10.1. The molecular formula is C38H46O2. The Morgan fingerprint density at radius 3 is 1.27 bits per heavy atom. The lowest BCUT2D eigenvalue weighted by atomic mass is 10.1. The summed E-state index contributed by atoms with van der Waals surface area (Å²) in [5, 5.41) is 0. The fourth-order valence-electron chi connectivity index (χ4n) is 4.42. The minimum absolute atomic E-state index is 0.535. The molecule has 0 unspecified atom stereocenters. The molecule has 2 aromatic carbocycles. The summed E-state index contributed by atoms with van der Waals surface area (Å²) in [6.45, 7) is 7.08. The van der Waals surface area contributed by atoms with Gasteiger partial charge in [0.05, 0.1) is 13.2 Å². The highest BCUT2D eigenvalue weighted by Crippen LogP contribution is 2.13. The van der Waals surface area contributed by atoms with Crippen molar-refractivity contribution >= 4 is 0 Å². The van der Waals surface area contributed by atoms with Crippen LogP contribution in [0.3, 0.4) is 0 Å². The van der Waals surface area contributed by atoms with E-state index in [1.165, 1.54) is 64.2 Å². The van der Waals surface area contributed by atoms with Gasteiger partial charge in [0.2, 0.25) is 0 Å². The Balaban J connectivity index is 1.91. The average molecular weight is 535 g/mol. The molecule has 2 aromatic rings. The van der Waals surface area contributed by atoms with Gasteiger partial charge in [-0.05, 0) is 72.2 Å². The molecule has 2 heteroatoms. The maximum absolute atomic E-state index is 5.89. The van der Waals surface area contributed by atoms with Gasteiger partial charge in [-0.3, -0.25) is 0 Å². The van der Waals surface area contributed by atoms with E-state index in [1.807, 2.05) is 36.4 Å². The summed E-state index contributed by atoms with van der Waals surface area (Å²) in [6.07, 6.45) is 26.4. The number of terminal acetylenes is 2. The second kappa shape index (κ2) is 21.4. The van der Waals surface area contributed by atoms with E-state index in [0.29, 0.717) is 13.2 Å². The van der Waals surface area contributed by atoms with Gasteiger partial charge in [-0.1, -0.05) is 102 Å². The SMILES string of the molecule is C#Cc1cc(C#CC#Cc2cc(C#C)cc(COCCCCCCCC)c2)cc(COCCCCCCCC)c1. The van der Waals surface area contributed by atoms with Gasteiger partial charge in [0, 0.05) is 35.5 Å². The summed E-state index contributed by atoms with van der Waals surface area (Å²) in [5.41, 5.74) is 5.33. The maximum Gasteiger partial charge on any atom is 0.0717 e. The molecule has 0 saturated carbocycles. The van der Waals surface area contributed by atoms with E-state index in [-0.39, 0.29) is 0 Å². The van der Waals surface area contributed by atoms with Gasteiger partial charge in [-0.15, -0.1) is 12.8 Å². The smallest absolute Gasteiger partial charge is 0.0717 e. The number of ether oxygens (including phenoxy) is 2.